The minimum atomic E-state index is -5.75. The van der Waals surface area contributed by atoms with Crippen molar-refractivity contribution in [3.63, 3.8) is 0 Å². The molecule has 0 unspecified atom stereocenters. The number of rotatable bonds is 0. The Kier molecular flexibility index (Phi) is 30.7. The molecule has 0 fully saturated rings. The molecule has 0 aromatic carbocycles. The van der Waals surface area contributed by atoms with Gasteiger partial charge in [-0.1, -0.05) is 0 Å². The molecular formula is HCrNa2O6P. The second kappa shape index (κ2) is 13.5. The van der Waals surface area contributed by atoms with Gasteiger partial charge in [-0.15, -0.1) is 0 Å². The third-order valence-electron chi connectivity index (χ3n) is 0. The fourth-order valence-corrected chi connectivity index (χ4v) is 0. The Morgan fingerprint density at radius 1 is 1.00 bits per heavy atom. The van der Waals surface area contributed by atoms with Crippen molar-refractivity contribution in [1.82, 2.24) is 0 Å². The van der Waals surface area contributed by atoms with Gasteiger partial charge in [0, 0.05) is 0 Å². The van der Waals surface area contributed by atoms with E-state index in [0.29, 0.717) is 0 Å². The molecule has 0 aliphatic heterocycles. The first kappa shape index (κ1) is 22.7. The predicted molar refractivity (Wildman–Crippen MR) is 11.1 cm³/mol. The molecule has 0 bridgehead atoms. The summed E-state index contributed by atoms with van der Waals surface area (Å²) in [7, 11) is -1.42. The molecular weight excluding hydrogens is 225 g/mol. The van der Waals surface area contributed by atoms with Crippen LogP contribution < -0.4 is 67.4 Å². The zero-order valence-corrected chi connectivity index (χ0v) is 11.6. The van der Waals surface area contributed by atoms with Crippen LogP contribution in [0.3, 0.4) is 0 Å². The van der Waals surface area contributed by atoms with Gasteiger partial charge >= 0.3 is 97.0 Å². The average molecular weight is 226 g/mol. The number of hydrogen-bond donors (Lipinski definition) is 0. The maximum absolute atomic E-state index is 8.59. The van der Waals surface area contributed by atoms with Crippen molar-refractivity contribution in [3.05, 3.63) is 0 Å². The van der Waals surface area contributed by atoms with Gasteiger partial charge < -0.3 is 0 Å². The van der Waals surface area contributed by atoms with Gasteiger partial charge in [-0.05, 0) is 0 Å². The summed E-state index contributed by atoms with van der Waals surface area (Å²) >= 11 is -5.75. The van der Waals surface area contributed by atoms with Crippen molar-refractivity contribution in [2.45, 2.75) is 0 Å². The van der Waals surface area contributed by atoms with E-state index in [2.05, 4.69) is 0 Å². The Morgan fingerprint density at radius 2 is 1.00 bits per heavy atom. The Balaban J connectivity index is -0.0000000326. The van der Waals surface area contributed by atoms with Crippen molar-refractivity contribution in [3.8, 4) is 0 Å². The summed E-state index contributed by atoms with van der Waals surface area (Å²) in [6, 6.07) is 0. The summed E-state index contributed by atoms with van der Waals surface area (Å²) in [5.74, 6) is 0. The van der Waals surface area contributed by atoms with E-state index in [9.17, 15) is 0 Å². The molecule has 0 atom stereocenters. The Hall–Kier alpha value is 1.95. The molecule has 0 spiro atoms. The van der Waals surface area contributed by atoms with Crippen LogP contribution in [0.15, 0.2) is 0 Å². The van der Waals surface area contributed by atoms with E-state index in [-0.39, 0.29) is 59.1 Å². The van der Waals surface area contributed by atoms with E-state index >= 15 is 0 Å². The molecule has 0 aliphatic rings. The molecule has 0 aromatic heterocycles. The van der Waals surface area contributed by atoms with E-state index < -0.39 is 22.0 Å². The first-order valence-electron chi connectivity index (χ1n) is 1.07. The molecule has 0 saturated carbocycles. The SMILES string of the molecule is O=[PH]=O.[Na+].[Na+].[O]=[Cr](=[O])([O-])[O-]. The molecule has 6 nitrogen and oxygen atoms in total. The van der Waals surface area contributed by atoms with Gasteiger partial charge in [-0.2, -0.15) is 0 Å². The third kappa shape index (κ3) is 209. The van der Waals surface area contributed by atoms with Crippen LogP contribution >= 0.6 is 8.34 Å². The molecule has 0 aliphatic carbocycles. The van der Waals surface area contributed by atoms with Crippen LogP contribution in [0.5, 0.6) is 0 Å². The normalized spacial score (nSPS) is 7.00. The van der Waals surface area contributed by atoms with Crippen molar-refractivity contribution < 1.29 is 97.8 Å². The third-order valence-corrected chi connectivity index (χ3v) is 0. The topological polar surface area (TPSA) is 114 Å². The monoisotopic (exact) mass is 226 g/mol. The zero-order valence-electron chi connectivity index (χ0n) is 5.36. The Morgan fingerprint density at radius 3 is 1.00 bits per heavy atom. The first-order valence-corrected chi connectivity index (χ1v) is 3.97. The molecule has 50 valence electrons. The van der Waals surface area contributed by atoms with Gasteiger partial charge in [0.25, 0.3) is 0 Å². The molecule has 10 heavy (non-hydrogen) atoms. The Bertz CT molecular complexity index is 156. The molecule has 0 N–H and O–H groups in total. The summed E-state index contributed by atoms with van der Waals surface area (Å²) in [6.07, 6.45) is 0. The van der Waals surface area contributed by atoms with E-state index in [4.69, 9.17) is 25.1 Å². The summed E-state index contributed by atoms with van der Waals surface area (Å²) in [5.41, 5.74) is 0. The van der Waals surface area contributed by atoms with E-state index in [1.807, 2.05) is 0 Å². The van der Waals surface area contributed by atoms with Gasteiger partial charge in [0.15, 0.2) is 0 Å². The van der Waals surface area contributed by atoms with Crippen LogP contribution in [-0.2, 0) is 30.4 Å². The van der Waals surface area contributed by atoms with Gasteiger partial charge in [0.1, 0.15) is 0 Å². The number of hydrogen-bond acceptors (Lipinski definition) is 6. The van der Waals surface area contributed by atoms with Gasteiger partial charge in [0.2, 0.25) is 0 Å². The maximum atomic E-state index is 8.59. The van der Waals surface area contributed by atoms with E-state index in [0.717, 1.165) is 0 Å². The van der Waals surface area contributed by atoms with Gasteiger partial charge in [0.05, 0.1) is 0 Å². The summed E-state index contributed by atoms with van der Waals surface area (Å²) in [6.45, 7) is 0. The summed E-state index contributed by atoms with van der Waals surface area (Å²) in [5, 5.41) is 0. The van der Waals surface area contributed by atoms with Crippen LogP contribution in [0, 0.1) is 0 Å². The molecule has 10 heteroatoms. The fourth-order valence-electron chi connectivity index (χ4n) is 0. The average Bonchev–Trinajstić information content (AvgIpc) is 1.27. The standard InChI is InChI=1S/Cr.2Na.HO2P.4O/c;;;1-3-2;;;;/h;;;3H;;;;/q;2*+1;;;;2*-1. The second-order valence-corrected chi connectivity index (χ2v) is 1.93. The quantitative estimate of drug-likeness (QED) is 0.299. The van der Waals surface area contributed by atoms with Crippen LogP contribution in [-0.4, -0.2) is 0 Å². The molecule has 0 radical (unpaired) electrons. The van der Waals surface area contributed by atoms with Gasteiger partial charge in [-0.25, -0.2) is 9.13 Å². The molecule has 0 saturated heterocycles. The van der Waals surface area contributed by atoms with Crippen LogP contribution in [0.1, 0.15) is 0 Å². The van der Waals surface area contributed by atoms with E-state index in [1.54, 1.807) is 0 Å². The summed E-state index contributed by atoms with van der Waals surface area (Å²) < 4.78 is 51.2. The van der Waals surface area contributed by atoms with E-state index in [1.165, 1.54) is 0 Å². The molecule has 0 aromatic rings. The molecule has 0 rings (SSSR count). The fraction of sp³-hybridized carbons (Fsp3) is 0. The zero-order chi connectivity index (χ0) is 7.21. The van der Waals surface area contributed by atoms with Crippen molar-refractivity contribution in [1.29, 1.82) is 0 Å². The second-order valence-electron chi connectivity index (χ2n) is 0.492. The Labute approximate surface area is 105 Å². The summed E-state index contributed by atoms with van der Waals surface area (Å²) in [4.78, 5) is 0. The van der Waals surface area contributed by atoms with Crippen LogP contribution in [0.25, 0.3) is 0 Å². The molecule has 0 heterocycles. The van der Waals surface area contributed by atoms with Crippen molar-refractivity contribution >= 4 is 8.34 Å². The first-order chi connectivity index (χ1) is 3.41. The van der Waals surface area contributed by atoms with Crippen molar-refractivity contribution in [2.24, 2.45) is 0 Å². The van der Waals surface area contributed by atoms with Gasteiger partial charge in [-0.3, -0.25) is 0 Å². The van der Waals surface area contributed by atoms with Crippen molar-refractivity contribution in [2.75, 3.05) is 0 Å². The van der Waals surface area contributed by atoms with Crippen LogP contribution in [0.4, 0.5) is 0 Å². The minimum absolute atomic E-state index is 0. The molecule has 0 amide bonds. The predicted octanol–water partition coefficient (Wildman–Crippen LogP) is -8.25. The van der Waals surface area contributed by atoms with Crippen LogP contribution in [0.2, 0.25) is 0 Å².